The zero-order chi connectivity index (χ0) is 14.9. The summed E-state index contributed by atoms with van der Waals surface area (Å²) in [4.78, 5) is 3.58. The summed E-state index contributed by atoms with van der Waals surface area (Å²) in [5.41, 5.74) is 2.54. The van der Waals surface area contributed by atoms with Crippen LogP contribution in [0.15, 0.2) is 59.5 Å². The van der Waals surface area contributed by atoms with Gasteiger partial charge in [-0.25, -0.2) is 0 Å². The number of hydrogen-bond donors (Lipinski definition) is 1. The maximum absolute atomic E-state index is 3.55. The Morgan fingerprint density at radius 1 is 0.952 bits per heavy atom. The van der Waals surface area contributed by atoms with E-state index in [2.05, 4.69) is 78.9 Å². The van der Waals surface area contributed by atoms with Gasteiger partial charge < -0.3 is 10.2 Å². The molecule has 0 radical (unpaired) electrons. The topological polar surface area (TPSA) is 15.3 Å². The van der Waals surface area contributed by atoms with Gasteiger partial charge in [0, 0.05) is 17.1 Å². The molecule has 0 aliphatic carbocycles. The largest absolute Gasteiger partial charge is 0.380 e. The van der Waals surface area contributed by atoms with Crippen molar-refractivity contribution in [3.8, 4) is 0 Å². The first-order valence-corrected chi connectivity index (χ1v) is 8.38. The molecule has 0 aliphatic heterocycles. The Morgan fingerprint density at radius 3 is 2.43 bits per heavy atom. The minimum atomic E-state index is 0.871. The Morgan fingerprint density at radius 2 is 1.67 bits per heavy atom. The van der Waals surface area contributed by atoms with E-state index in [1.165, 1.54) is 22.6 Å². The molecule has 0 amide bonds. The molecule has 0 spiro atoms. The van der Waals surface area contributed by atoms with Gasteiger partial charge in [-0.15, -0.1) is 11.8 Å². The Hall–Kier alpha value is -1.45. The van der Waals surface area contributed by atoms with Crippen molar-refractivity contribution in [1.82, 2.24) is 4.90 Å². The second kappa shape index (κ2) is 8.75. The molecule has 0 atom stereocenters. The van der Waals surface area contributed by atoms with Crippen LogP contribution in [0, 0.1) is 0 Å². The van der Waals surface area contributed by atoms with E-state index in [4.69, 9.17) is 0 Å². The van der Waals surface area contributed by atoms with Crippen molar-refractivity contribution in [2.75, 3.05) is 31.7 Å². The standard InChI is InChI=1S/C18H24N2S/c1-20(2)13-8-14-21-18-12-7-6-11-17(18)19-15-16-9-4-3-5-10-16/h3-7,9-12,19H,8,13-15H2,1-2H3. The predicted molar refractivity (Wildman–Crippen MR) is 94.1 cm³/mol. The highest BCUT2D eigenvalue weighted by Gasteiger charge is 2.02. The molecule has 2 rings (SSSR count). The van der Waals surface area contributed by atoms with Crippen LogP contribution in [-0.2, 0) is 6.54 Å². The van der Waals surface area contributed by atoms with Crippen molar-refractivity contribution in [1.29, 1.82) is 0 Å². The molecule has 112 valence electrons. The van der Waals surface area contributed by atoms with Gasteiger partial charge in [0.1, 0.15) is 0 Å². The van der Waals surface area contributed by atoms with Crippen LogP contribution < -0.4 is 5.32 Å². The number of para-hydroxylation sites is 1. The molecule has 0 aliphatic rings. The molecule has 2 aromatic rings. The van der Waals surface area contributed by atoms with Crippen LogP contribution in [0.2, 0.25) is 0 Å². The first-order chi connectivity index (χ1) is 10.3. The molecule has 2 nitrogen and oxygen atoms in total. The third kappa shape index (κ3) is 5.82. The summed E-state index contributed by atoms with van der Waals surface area (Å²) < 4.78 is 0. The minimum absolute atomic E-state index is 0.871. The molecule has 0 bridgehead atoms. The maximum atomic E-state index is 3.55. The highest BCUT2D eigenvalue weighted by molar-refractivity contribution is 7.99. The summed E-state index contributed by atoms with van der Waals surface area (Å²) >= 11 is 1.94. The maximum Gasteiger partial charge on any atom is 0.0481 e. The molecule has 0 fully saturated rings. The summed E-state index contributed by atoms with van der Waals surface area (Å²) in [5.74, 6) is 1.15. The number of hydrogen-bond acceptors (Lipinski definition) is 3. The lowest BCUT2D eigenvalue weighted by Gasteiger charge is -2.13. The molecular weight excluding hydrogens is 276 g/mol. The van der Waals surface area contributed by atoms with Crippen LogP contribution in [0.5, 0.6) is 0 Å². The highest BCUT2D eigenvalue weighted by atomic mass is 32.2. The summed E-state index contributed by atoms with van der Waals surface area (Å²) in [7, 11) is 4.25. The highest BCUT2D eigenvalue weighted by Crippen LogP contribution is 2.27. The van der Waals surface area contributed by atoms with Gasteiger partial charge in [-0.2, -0.15) is 0 Å². The third-order valence-corrected chi connectivity index (χ3v) is 4.38. The second-order valence-electron chi connectivity index (χ2n) is 5.34. The van der Waals surface area contributed by atoms with Crippen LogP contribution >= 0.6 is 11.8 Å². The molecular formula is C18H24N2S. The number of nitrogens with zero attached hydrogens (tertiary/aromatic N) is 1. The molecule has 0 saturated carbocycles. The molecule has 1 N–H and O–H groups in total. The molecule has 0 heterocycles. The minimum Gasteiger partial charge on any atom is -0.380 e. The van der Waals surface area contributed by atoms with Gasteiger partial charge >= 0.3 is 0 Å². The average molecular weight is 300 g/mol. The van der Waals surface area contributed by atoms with Crippen molar-refractivity contribution in [3.05, 3.63) is 60.2 Å². The van der Waals surface area contributed by atoms with Crippen LogP contribution in [0.25, 0.3) is 0 Å². The van der Waals surface area contributed by atoms with Crippen molar-refractivity contribution in [3.63, 3.8) is 0 Å². The van der Waals surface area contributed by atoms with E-state index >= 15 is 0 Å². The van der Waals surface area contributed by atoms with E-state index in [1.807, 2.05) is 11.8 Å². The van der Waals surface area contributed by atoms with Crippen LogP contribution in [0.4, 0.5) is 5.69 Å². The second-order valence-corrected chi connectivity index (χ2v) is 6.48. The lowest BCUT2D eigenvalue weighted by molar-refractivity contribution is 0.410. The summed E-state index contributed by atoms with van der Waals surface area (Å²) in [6.45, 7) is 2.02. The number of benzene rings is 2. The lowest BCUT2D eigenvalue weighted by atomic mass is 10.2. The third-order valence-electron chi connectivity index (χ3n) is 3.22. The van der Waals surface area contributed by atoms with Gasteiger partial charge in [0.25, 0.3) is 0 Å². The Balaban J connectivity index is 1.87. The number of rotatable bonds is 8. The van der Waals surface area contributed by atoms with Gasteiger partial charge in [0.2, 0.25) is 0 Å². The van der Waals surface area contributed by atoms with Gasteiger partial charge in [0.05, 0.1) is 0 Å². The van der Waals surface area contributed by atoms with E-state index in [0.717, 1.165) is 18.8 Å². The van der Waals surface area contributed by atoms with Crippen LogP contribution in [0.3, 0.4) is 0 Å². The molecule has 2 aromatic carbocycles. The summed E-state index contributed by atoms with van der Waals surface area (Å²) in [6.07, 6.45) is 1.21. The number of thioether (sulfide) groups is 1. The zero-order valence-electron chi connectivity index (χ0n) is 12.9. The number of nitrogens with one attached hydrogen (secondary N) is 1. The van der Waals surface area contributed by atoms with Crippen molar-refractivity contribution in [2.45, 2.75) is 17.9 Å². The first-order valence-electron chi connectivity index (χ1n) is 7.40. The lowest BCUT2D eigenvalue weighted by Crippen LogP contribution is -2.13. The Bertz CT molecular complexity index is 526. The average Bonchev–Trinajstić information content (AvgIpc) is 2.51. The quantitative estimate of drug-likeness (QED) is 0.576. The van der Waals surface area contributed by atoms with Gasteiger partial charge in [-0.05, 0) is 50.5 Å². The fourth-order valence-corrected chi connectivity index (χ4v) is 3.06. The predicted octanol–water partition coefficient (Wildman–Crippen LogP) is 4.34. The van der Waals surface area contributed by atoms with Crippen molar-refractivity contribution in [2.24, 2.45) is 0 Å². The van der Waals surface area contributed by atoms with E-state index in [0.29, 0.717) is 0 Å². The van der Waals surface area contributed by atoms with E-state index < -0.39 is 0 Å². The fourth-order valence-electron chi connectivity index (χ4n) is 2.09. The van der Waals surface area contributed by atoms with Gasteiger partial charge in [0.15, 0.2) is 0 Å². The smallest absolute Gasteiger partial charge is 0.0481 e. The Labute approximate surface area is 132 Å². The molecule has 0 aromatic heterocycles. The fraction of sp³-hybridized carbons (Fsp3) is 0.333. The van der Waals surface area contributed by atoms with Crippen molar-refractivity contribution < 1.29 is 0 Å². The molecule has 0 unspecified atom stereocenters. The SMILES string of the molecule is CN(C)CCCSc1ccccc1NCc1ccccc1. The monoisotopic (exact) mass is 300 g/mol. The van der Waals surface area contributed by atoms with E-state index in [1.54, 1.807) is 0 Å². The molecule has 3 heteroatoms. The molecule has 21 heavy (non-hydrogen) atoms. The van der Waals surface area contributed by atoms with Crippen LogP contribution in [-0.4, -0.2) is 31.3 Å². The Kier molecular flexibility index (Phi) is 6.64. The molecule has 0 saturated heterocycles. The number of anilines is 1. The summed E-state index contributed by atoms with van der Waals surface area (Å²) in [5, 5.41) is 3.55. The van der Waals surface area contributed by atoms with Crippen molar-refractivity contribution >= 4 is 17.4 Å². The van der Waals surface area contributed by atoms with Gasteiger partial charge in [-0.1, -0.05) is 42.5 Å². The first kappa shape index (κ1) is 15.9. The normalized spacial score (nSPS) is 10.8. The zero-order valence-corrected chi connectivity index (χ0v) is 13.7. The summed E-state index contributed by atoms with van der Waals surface area (Å²) in [6, 6.07) is 19.1. The van der Waals surface area contributed by atoms with E-state index in [9.17, 15) is 0 Å². The van der Waals surface area contributed by atoms with E-state index in [-0.39, 0.29) is 0 Å². The van der Waals surface area contributed by atoms with Gasteiger partial charge in [-0.3, -0.25) is 0 Å². The van der Waals surface area contributed by atoms with Crippen LogP contribution in [0.1, 0.15) is 12.0 Å².